The molecule has 0 aromatic carbocycles. The van der Waals surface area contributed by atoms with Crippen LogP contribution in [0.4, 0.5) is 5.82 Å². The van der Waals surface area contributed by atoms with E-state index in [0.717, 1.165) is 5.69 Å². The van der Waals surface area contributed by atoms with Gasteiger partial charge in [-0.05, 0) is 25.5 Å². The van der Waals surface area contributed by atoms with Crippen LogP contribution in [0.15, 0.2) is 18.2 Å². The third-order valence-corrected chi connectivity index (χ3v) is 1.92. The maximum atomic E-state index is 11.4. The molecular formula is C10H15N3O. The lowest BCUT2D eigenvalue weighted by atomic mass is 10.2. The molecule has 1 amide bonds. The first-order valence-electron chi connectivity index (χ1n) is 4.63. The summed E-state index contributed by atoms with van der Waals surface area (Å²) in [6, 6.07) is 5.00. The summed E-state index contributed by atoms with van der Waals surface area (Å²) in [6.45, 7) is 3.74. The first-order chi connectivity index (χ1) is 6.63. The molecule has 14 heavy (non-hydrogen) atoms. The number of carbonyl (C=O) groups is 1. The van der Waals surface area contributed by atoms with Crippen LogP contribution in [0.25, 0.3) is 0 Å². The Balaban J connectivity index is 2.65. The Morgan fingerprint density at radius 2 is 2.36 bits per heavy atom. The van der Waals surface area contributed by atoms with E-state index in [2.05, 4.69) is 10.3 Å². The minimum Gasteiger partial charge on any atom is -0.320 e. The van der Waals surface area contributed by atoms with Crippen molar-refractivity contribution in [1.82, 2.24) is 4.98 Å². The summed E-state index contributed by atoms with van der Waals surface area (Å²) < 4.78 is 0. The predicted molar refractivity (Wildman–Crippen MR) is 55.9 cm³/mol. The second-order valence-corrected chi connectivity index (χ2v) is 3.17. The summed E-state index contributed by atoms with van der Waals surface area (Å²) >= 11 is 0. The van der Waals surface area contributed by atoms with Crippen molar-refractivity contribution in [1.29, 1.82) is 0 Å². The van der Waals surface area contributed by atoms with E-state index in [-0.39, 0.29) is 5.91 Å². The number of nitrogens with zero attached hydrogens (tertiary/aromatic N) is 1. The molecule has 0 spiro atoms. The number of hydrogen-bond acceptors (Lipinski definition) is 3. The summed E-state index contributed by atoms with van der Waals surface area (Å²) in [5, 5.41) is 2.66. The SMILES string of the molecule is CC[C@H](N)C(=O)Nc1cccc(C)n1. The van der Waals surface area contributed by atoms with Crippen LogP contribution in [0, 0.1) is 6.92 Å². The second kappa shape index (κ2) is 4.72. The zero-order valence-electron chi connectivity index (χ0n) is 8.45. The van der Waals surface area contributed by atoms with Gasteiger partial charge in [0.1, 0.15) is 5.82 Å². The highest BCUT2D eigenvalue weighted by Gasteiger charge is 2.10. The molecule has 0 saturated heterocycles. The fourth-order valence-electron chi connectivity index (χ4n) is 1.02. The van der Waals surface area contributed by atoms with E-state index in [1.54, 1.807) is 6.07 Å². The molecule has 1 rings (SSSR count). The fraction of sp³-hybridized carbons (Fsp3) is 0.400. The van der Waals surface area contributed by atoms with E-state index in [1.165, 1.54) is 0 Å². The monoisotopic (exact) mass is 193 g/mol. The smallest absolute Gasteiger partial charge is 0.242 e. The number of aryl methyl sites for hydroxylation is 1. The highest BCUT2D eigenvalue weighted by molar-refractivity contribution is 5.93. The summed E-state index contributed by atoms with van der Waals surface area (Å²) in [5.41, 5.74) is 6.43. The Hall–Kier alpha value is -1.42. The average Bonchev–Trinajstić information content (AvgIpc) is 2.16. The number of rotatable bonds is 3. The van der Waals surface area contributed by atoms with E-state index < -0.39 is 6.04 Å². The van der Waals surface area contributed by atoms with Crippen molar-refractivity contribution >= 4 is 11.7 Å². The molecule has 1 heterocycles. The quantitative estimate of drug-likeness (QED) is 0.754. The van der Waals surface area contributed by atoms with E-state index in [0.29, 0.717) is 12.2 Å². The van der Waals surface area contributed by atoms with Gasteiger partial charge in [0, 0.05) is 5.69 Å². The lowest BCUT2D eigenvalue weighted by Crippen LogP contribution is -2.35. The number of pyridine rings is 1. The third-order valence-electron chi connectivity index (χ3n) is 1.92. The van der Waals surface area contributed by atoms with Crippen molar-refractivity contribution in [2.75, 3.05) is 5.32 Å². The van der Waals surface area contributed by atoms with Crippen molar-refractivity contribution in [3.63, 3.8) is 0 Å². The minimum absolute atomic E-state index is 0.189. The zero-order chi connectivity index (χ0) is 10.6. The topological polar surface area (TPSA) is 68.0 Å². The van der Waals surface area contributed by atoms with Gasteiger partial charge in [0.05, 0.1) is 6.04 Å². The summed E-state index contributed by atoms with van der Waals surface area (Å²) in [4.78, 5) is 15.5. The molecule has 0 aliphatic heterocycles. The van der Waals surface area contributed by atoms with E-state index >= 15 is 0 Å². The lowest BCUT2D eigenvalue weighted by Gasteiger charge is -2.09. The summed E-state index contributed by atoms with van der Waals surface area (Å²) in [6.07, 6.45) is 0.623. The van der Waals surface area contributed by atoms with Crippen LogP contribution >= 0.6 is 0 Å². The number of hydrogen-bond donors (Lipinski definition) is 2. The Morgan fingerprint density at radius 1 is 1.64 bits per heavy atom. The molecule has 1 aromatic rings. The maximum Gasteiger partial charge on any atom is 0.242 e. The van der Waals surface area contributed by atoms with Crippen LogP contribution in [-0.2, 0) is 4.79 Å². The van der Waals surface area contributed by atoms with Crippen molar-refractivity contribution < 1.29 is 4.79 Å². The summed E-state index contributed by atoms with van der Waals surface area (Å²) in [7, 11) is 0. The van der Waals surface area contributed by atoms with Crippen LogP contribution < -0.4 is 11.1 Å². The fourth-order valence-corrected chi connectivity index (χ4v) is 1.02. The minimum atomic E-state index is -0.461. The number of anilines is 1. The molecule has 0 aliphatic rings. The number of aromatic nitrogens is 1. The number of carbonyl (C=O) groups excluding carboxylic acids is 1. The maximum absolute atomic E-state index is 11.4. The van der Waals surface area contributed by atoms with Gasteiger partial charge in [-0.2, -0.15) is 0 Å². The summed E-state index contributed by atoms with van der Waals surface area (Å²) in [5.74, 6) is 0.365. The van der Waals surface area contributed by atoms with Gasteiger partial charge in [0.2, 0.25) is 5.91 Å². The van der Waals surface area contributed by atoms with Crippen molar-refractivity contribution in [2.45, 2.75) is 26.3 Å². The molecular weight excluding hydrogens is 178 g/mol. The first-order valence-corrected chi connectivity index (χ1v) is 4.63. The zero-order valence-corrected chi connectivity index (χ0v) is 8.45. The largest absolute Gasteiger partial charge is 0.320 e. The molecule has 0 aliphatic carbocycles. The van der Waals surface area contributed by atoms with Crippen LogP contribution in [-0.4, -0.2) is 16.9 Å². The van der Waals surface area contributed by atoms with Gasteiger partial charge in [0.15, 0.2) is 0 Å². The van der Waals surface area contributed by atoms with Crippen molar-refractivity contribution in [2.24, 2.45) is 5.73 Å². The van der Waals surface area contributed by atoms with Gasteiger partial charge in [-0.1, -0.05) is 13.0 Å². The highest BCUT2D eigenvalue weighted by Crippen LogP contribution is 2.04. The molecule has 0 saturated carbocycles. The third kappa shape index (κ3) is 2.81. The normalized spacial score (nSPS) is 12.2. The van der Waals surface area contributed by atoms with Gasteiger partial charge in [0.25, 0.3) is 0 Å². The number of amides is 1. The molecule has 4 nitrogen and oxygen atoms in total. The Kier molecular flexibility index (Phi) is 3.59. The molecule has 4 heteroatoms. The highest BCUT2D eigenvalue weighted by atomic mass is 16.2. The van der Waals surface area contributed by atoms with Gasteiger partial charge >= 0.3 is 0 Å². The van der Waals surface area contributed by atoms with Crippen LogP contribution in [0.3, 0.4) is 0 Å². The molecule has 1 aromatic heterocycles. The van der Waals surface area contributed by atoms with Gasteiger partial charge in [-0.15, -0.1) is 0 Å². The number of nitrogens with two attached hydrogens (primary N) is 1. The van der Waals surface area contributed by atoms with E-state index in [4.69, 9.17) is 5.73 Å². The van der Waals surface area contributed by atoms with Gasteiger partial charge in [-0.3, -0.25) is 4.79 Å². The molecule has 0 unspecified atom stereocenters. The molecule has 3 N–H and O–H groups in total. The second-order valence-electron chi connectivity index (χ2n) is 3.17. The molecule has 0 fully saturated rings. The van der Waals surface area contributed by atoms with Crippen LogP contribution in [0.5, 0.6) is 0 Å². The van der Waals surface area contributed by atoms with Crippen LogP contribution in [0.2, 0.25) is 0 Å². The lowest BCUT2D eigenvalue weighted by molar-refractivity contribution is -0.117. The predicted octanol–water partition coefficient (Wildman–Crippen LogP) is 1.07. The Bertz CT molecular complexity index is 325. The van der Waals surface area contributed by atoms with Gasteiger partial charge in [-0.25, -0.2) is 4.98 Å². The van der Waals surface area contributed by atoms with Crippen molar-refractivity contribution in [3.05, 3.63) is 23.9 Å². The van der Waals surface area contributed by atoms with Crippen molar-refractivity contribution in [3.8, 4) is 0 Å². The van der Waals surface area contributed by atoms with Gasteiger partial charge < -0.3 is 11.1 Å². The van der Waals surface area contributed by atoms with E-state index in [9.17, 15) is 4.79 Å². The Labute approximate surface area is 83.5 Å². The molecule has 0 bridgehead atoms. The standard InChI is InChI=1S/C10H15N3O/c1-3-8(11)10(14)13-9-6-4-5-7(2)12-9/h4-6,8H,3,11H2,1-2H3,(H,12,13,14)/t8-/m0/s1. The number of nitrogens with one attached hydrogen (secondary N) is 1. The first kappa shape index (κ1) is 10.7. The van der Waals surface area contributed by atoms with E-state index in [1.807, 2.05) is 26.0 Å². The Morgan fingerprint density at radius 3 is 2.93 bits per heavy atom. The molecule has 0 radical (unpaired) electrons. The average molecular weight is 193 g/mol. The molecule has 76 valence electrons. The molecule has 1 atom stereocenters. The van der Waals surface area contributed by atoms with Crippen LogP contribution in [0.1, 0.15) is 19.0 Å².